The van der Waals surface area contributed by atoms with E-state index in [1.807, 2.05) is 0 Å². The minimum atomic E-state index is 0.999. The fourth-order valence-electron chi connectivity index (χ4n) is 2.21. The third-order valence-corrected chi connectivity index (χ3v) is 2.73. The van der Waals surface area contributed by atoms with Crippen LogP contribution in [0.1, 0.15) is 32.1 Å². The summed E-state index contributed by atoms with van der Waals surface area (Å²) in [5.74, 6) is 0. The Labute approximate surface area is 69.8 Å². The first-order chi connectivity index (χ1) is 5.47. The Morgan fingerprint density at radius 2 is 1.64 bits per heavy atom. The Morgan fingerprint density at radius 3 is 2.36 bits per heavy atom. The van der Waals surface area contributed by atoms with Gasteiger partial charge in [-0.3, -0.25) is 0 Å². The molecule has 2 aliphatic rings. The number of hydrogen-bond acceptors (Lipinski definition) is 2. The highest BCUT2D eigenvalue weighted by atomic mass is 15.2. The zero-order chi connectivity index (χ0) is 8.10. The monoisotopic (exact) mass is 156 g/mol. The van der Waals surface area contributed by atoms with E-state index in [-0.39, 0.29) is 0 Å². The van der Waals surface area contributed by atoms with Gasteiger partial charge in [0, 0.05) is 6.04 Å². The van der Waals surface area contributed by atoms with Crippen LogP contribution in [0.2, 0.25) is 0 Å². The number of piperidine rings is 1. The quantitative estimate of drug-likeness (QED) is 0.571. The van der Waals surface area contributed by atoms with E-state index < -0.39 is 0 Å². The topological polar surface area (TPSA) is 29.3 Å². The maximum absolute atomic E-state index is 4.50. The van der Waals surface area contributed by atoms with Crippen LogP contribution in [0.3, 0.4) is 0 Å². The first-order valence-corrected chi connectivity index (χ1v) is 4.78. The van der Waals surface area contributed by atoms with Crippen LogP contribution in [0.15, 0.2) is 0 Å². The van der Waals surface area contributed by atoms with Gasteiger partial charge in [-0.1, -0.05) is 6.42 Å². The fourth-order valence-corrected chi connectivity index (χ4v) is 2.21. The summed E-state index contributed by atoms with van der Waals surface area (Å²) in [4.78, 5) is 2.67. The summed E-state index contributed by atoms with van der Waals surface area (Å²) in [7, 11) is 1.50. The molecule has 2 aliphatic heterocycles. The van der Waals surface area contributed by atoms with Crippen molar-refractivity contribution in [2.45, 2.75) is 38.1 Å². The van der Waals surface area contributed by atoms with Crippen molar-refractivity contribution in [3.05, 3.63) is 0 Å². The number of nitrogens with zero attached hydrogens (tertiary/aromatic N) is 1. The van der Waals surface area contributed by atoms with Gasteiger partial charge in [0.05, 0.1) is 0 Å². The molecule has 66 valence electrons. The van der Waals surface area contributed by atoms with Crippen molar-refractivity contribution in [2.75, 3.05) is 20.1 Å². The fraction of sp³-hybridized carbons (Fsp3) is 1.00. The van der Waals surface area contributed by atoms with Gasteiger partial charge in [0.25, 0.3) is 0 Å². The Bertz CT molecular complexity index is 91.7. The van der Waals surface area contributed by atoms with Crippen LogP contribution in [-0.4, -0.2) is 31.1 Å². The van der Waals surface area contributed by atoms with Crippen LogP contribution in [-0.2, 0) is 0 Å². The van der Waals surface area contributed by atoms with E-state index in [4.69, 9.17) is 0 Å². The van der Waals surface area contributed by atoms with Gasteiger partial charge in [0.15, 0.2) is 0 Å². The molecule has 0 aromatic rings. The normalized spacial score (nSPS) is 30.5. The van der Waals surface area contributed by atoms with E-state index in [9.17, 15) is 0 Å². The van der Waals surface area contributed by atoms with Crippen molar-refractivity contribution in [3.63, 3.8) is 0 Å². The van der Waals surface area contributed by atoms with Crippen LogP contribution < -0.4 is 5.73 Å². The zero-order valence-corrected chi connectivity index (χ0v) is 7.55. The van der Waals surface area contributed by atoms with E-state index in [0.29, 0.717) is 0 Å². The minimum absolute atomic E-state index is 0.999. The van der Waals surface area contributed by atoms with E-state index in [2.05, 4.69) is 10.6 Å². The van der Waals surface area contributed by atoms with Crippen LogP contribution >= 0.6 is 0 Å². The second-order valence-corrected chi connectivity index (χ2v) is 3.33. The Morgan fingerprint density at radius 1 is 1.00 bits per heavy atom. The van der Waals surface area contributed by atoms with Crippen LogP contribution in [0.25, 0.3) is 0 Å². The van der Waals surface area contributed by atoms with E-state index >= 15 is 0 Å². The highest BCUT2D eigenvalue weighted by Gasteiger charge is 2.25. The minimum Gasteiger partial charge on any atom is -0.333 e. The van der Waals surface area contributed by atoms with Crippen molar-refractivity contribution in [1.82, 2.24) is 4.90 Å². The largest absolute Gasteiger partial charge is 0.333 e. The standard InChI is InChI=1S/C8H15N.CH5N/c1-2-6-9-7-3-5-8(9)4-1;1-2/h8H,1-7H2;2H2,1H3. The molecule has 0 aliphatic carbocycles. The van der Waals surface area contributed by atoms with Crippen molar-refractivity contribution in [2.24, 2.45) is 5.73 Å². The van der Waals surface area contributed by atoms with Crippen LogP contribution in [0, 0.1) is 0 Å². The van der Waals surface area contributed by atoms with E-state index in [0.717, 1.165) is 6.04 Å². The Balaban J connectivity index is 0.000000281. The zero-order valence-electron chi connectivity index (χ0n) is 7.55. The summed E-state index contributed by atoms with van der Waals surface area (Å²) in [5.41, 5.74) is 4.50. The summed E-state index contributed by atoms with van der Waals surface area (Å²) in [6.07, 6.45) is 7.38. The molecular weight excluding hydrogens is 136 g/mol. The molecule has 1 atom stereocenters. The lowest BCUT2D eigenvalue weighted by atomic mass is 10.0. The third kappa shape index (κ3) is 2.17. The lowest BCUT2D eigenvalue weighted by molar-refractivity contribution is 0.198. The van der Waals surface area contributed by atoms with Crippen molar-refractivity contribution in [1.29, 1.82) is 0 Å². The van der Waals surface area contributed by atoms with Crippen LogP contribution in [0.4, 0.5) is 0 Å². The molecule has 0 amide bonds. The molecule has 2 saturated heterocycles. The molecule has 2 heteroatoms. The lowest BCUT2D eigenvalue weighted by Crippen LogP contribution is -2.33. The van der Waals surface area contributed by atoms with Gasteiger partial charge < -0.3 is 10.6 Å². The molecule has 2 fully saturated rings. The first-order valence-electron chi connectivity index (χ1n) is 4.78. The predicted octanol–water partition coefficient (Wildman–Crippen LogP) is 1.21. The Kier molecular flexibility index (Phi) is 3.87. The van der Waals surface area contributed by atoms with Crippen molar-refractivity contribution in [3.8, 4) is 0 Å². The lowest BCUT2D eigenvalue weighted by Gasteiger charge is -2.28. The number of nitrogens with two attached hydrogens (primary N) is 1. The van der Waals surface area contributed by atoms with Gasteiger partial charge in [0.1, 0.15) is 0 Å². The highest BCUT2D eigenvalue weighted by molar-refractivity contribution is 4.82. The summed E-state index contributed by atoms with van der Waals surface area (Å²) in [6.45, 7) is 2.79. The maximum atomic E-state index is 4.50. The van der Waals surface area contributed by atoms with Gasteiger partial charge in [-0.2, -0.15) is 0 Å². The van der Waals surface area contributed by atoms with Gasteiger partial charge in [-0.15, -0.1) is 0 Å². The first kappa shape index (κ1) is 9.01. The summed E-state index contributed by atoms with van der Waals surface area (Å²) in [6, 6.07) is 0.999. The molecule has 2 rings (SSSR count). The number of fused-ring (bicyclic) bond motifs is 1. The molecule has 11 heavy (non-hydrogen) atoms. The average Bonchev–Trinajstić information content (AvgIpc) is 2.55. The molecule has 2 heterocycles. The molecule has 0 saturated carbocycles. The number of rotatable bonds is 0. The second kappa shape index (κ2) is 4.73. The molecule has 0 aromatic carbocycles. The molecule has 2 N–H and O–H groups in total. The van der Waals surface area contributed by atoms with Crippen LogP contribution in [0.5, 0.6) is 0 Å². The Hall–Kier alpha value is -0.0800. The average molecular weight is 156 g/mol. The predicted molar refractivity (Wildman–Crippen MR) is 48.6 cm³/mol. The molecule has 0 aromatic heterocycles. The van der Waals surface area contributed by atoms with Gasteiger partial charge in [-0.25, -0.2) is 0 Å². The van der Waals surface area contributed by atoms with Gasteiger partial charge in [-0.05, 0) is 45.8 Å². The molecular formula is C9H20N2. The molecule has 0 spiro atoms. The van der Waals surface area contributed by atoms with Gasteiger partial charge >= 0.3 is 0 Å². The molecule has 2 nitrogen and oxygen atoms in total. The van der Waals surface area contributed by atoms with Crippen molar-refractivity contribution < 1.29 is 0 Å². The third-order valence-electron chi connectivity index (χ3n) is 2.73. The van der Waals surface area contributed by atoms with Gasteiger partial charge in [0.2, 0.25) is 0 Å². The molecule has 0 bridgehead atoms. The van der Waals surface area contributed by atoms with Crippen molar-refractivity contribution >= 4 is 0 Å². The van der Waals surface area contributed by atoms with E-state index in [1.54, 1.807) is 0 Å². The smallest absolute Gasteiger partial charge is 0.00957 e. The van der Waals surface area contributed by atoms with E-state index in [1.165, 1.54) is 52.2 Å². The molecule has 0 radical (unpaired) electrons. The molecule has 1 unspecified atom stereocenters. The summed E-state index contributed by atoms with van der Waals surface area (Å²) in [5, 5.41) is 0. The summed E-state index contributed by atoms with van der Waals surface area (Å²) < 4.78 is 0. The maximum Gasteiger partial charge on any atom is 0.00957 e. The SMILES string of the molecule is C1CCN2CCCC2C1.CN. The second-order valence-electron chi connectivity index (χ2n) is 3.33. The highest BCUT2D eigenvalue weighted by Crippen LogP contribution is 2.25. The number of hydrogen-bond donors (Lipinski definition) is 1. The summed E-state index contributed by atoms with van der Waals surface area (Å²) >= 11 is 0.